The number of carbonyl (C=O) groups excluding carboxylic acids is 2. The van der Waals surface area contributed by atoms with Gasteiger partial charge in [-0.05, 0) is 63.1 Å². The predicted molar refractivity (Wildman–Crippen MR) is 119 cm³/mol. The number of anilines is 2. The maximum absolute atomic E-state index is 12.7. The fraction of sp³-hybridized carbons (Fsp3) is 0.250. The van der Waals surface area contributed by atoms with Gasteiger partial charge in [-0.2, -0.15) is 0 Å². The van der Waals surface area contributed by atoms with Crippen LogP contribution in [0.15, 0.2) is 54.6 Å². The summed E-state index contributed by atoms with van der Waals surface area (Å²) >= 11 is 0. The Labute approximate surface area is 176 Å². The highest BCUT2D eigenvalue weighted by molar-refractivity contribution is 6.06. The molecular formula is C24H27N3O3. The van der Waals surface area contributed by atoms with Gasteiger partial charge in [0.1, 0.15) is 5.69 Å². The number of rotatable bonds is 7. The van der Waals surface area contributed by atoms with E-state index in [1.54, 1.807) is 20.8 Å². The highest BCUT2D eigenvalue weighted by Crippen LogP contribution is 2.23. The highest BCUT2D eigenvalue weighted by atomic mass is 16.5. The van der Waals surface area contributed by atoms with Crippen molar-refractivity contribution in [2.45, 2.75) is 33.7 Å². The topological polar surface area (TPSA) is 83.2 Å². The second-order valence-electron chi connectivity index (χ2n) is 7.15. The fourth-order valence-corrected chi connectivity index (χ4v) is 3.40. The van der Waals surface area contributed by atoms with Crippen LogP contribution in [0.2, 0.25) is 0 Å². The van der Waals surface area contributed by atoms with Crippen LogP contribution in [0.3, 0.4) is 0 Å². The van der Waals surface area contributed by atoms with Crippen molar-refractivity contribution in [3.8, 4) is 0 Å². The van der Waals surface area contributed by atoms with Crippen molar-refractivity contribution in [3.63, 3.8) is 0 Å². The van der Waals surface area contributed by atoms with E-state index in [0.717, 1.165) is 5.69 Å². The van der Waals surface area contributed by atoms with Crippen molar-refractivity contribution in [2.24, 2.45) is 0 Å². The number of hydrogen-bond acceptors (Lipinski definition) is 4. The molecular weight excluding hydrogens is 378 g/mol. The molecule has 6 nitrogen and oxygen atoms in total. The molecule has 0 radical (unpaired) electrons. The van der Waals surface area contributed by atoms with Gasteiger partial charge in [0, 0.05) is 23.1 Å². The van der Waals surface area contributed by atoms with E-state index in [1.807, 2.05) is 42.5 Å². The van der Waals surface area contributed by atoms with Crippen LogP contribution in [0.25, 0.3) is 0 Å². The number of nitrogens with one attached hydrogen (secondary N) is 3. The Morgan fingerprint density at radius 2 is 1.63 bits per heavy atom. The molecule has 0 aliphatic heterocycles. The predicted octanol–water partition coefficient (Wildman–Crippen LogP) is 5.23. The minimum Gasteiger partial charge on any atom is -0.462 e. The summed E-state index contributed by atoms with van der Waals surface area (Å²) in [6.45, 7) is 7.63. The van der Waals surface area contributed by atoms with E-state index in [1.165, 1.54) is 5.56 Å². The number of amides is 1. The van der Waals surface area contributed by atoms with Gasteiger partial charge in [-0.15, -0.1) is 0 Å². The Morgan fingerprint density at radius 1 is 1.00 bits per heavy atom. The number of hydrogen-bond donors (Lipinski definition) is 3. The first-order valence-electron chi connectivity index (χ1n) is 9.99. The van der Waals surface area contributed by atoms with Crippen molar-refractivity contribution in [3.05, 3.63) is 82.7 Å². The molecule has 1 heterocycles. The molecule has 2 aromatic carbocycles. The molecule has 3 aromatic rings. The highest BCUT2D eigenvalue weighted by Gasteiger charge is 2.22. The molecule has 0 spiro atoms. The van der Waals surface area contributed by atoms with Gasteiger partial charge in [0.25, 0.3) is 5.91 Å². The number of benzene rings is 2. The second-order valence-corrected chi connectivity index (χ2v) is 7.15. The standard InChI is InChI=1S/C24H27N3O3/c1-5-30-24(29)21-15(2)22(26-17(21)4)23(28)27-20-13-11-19(12-14-20)25-16(3)18-9-7-6-8-10-18/h6-14,16,25-26H,5H2,1-4H3,(H,27,28). The average Bonchev–Trinajstić information content (AvgIpc) is 3.04. The number of esters is 1. The van der Waals surface area contributed by atoms with E-state index in [0.29, 0.717) is 28.2 Å². The Morgan fingerprint density at radius 3 is 2.27 bits per heavy atom. The van der Waals surface area contributed by atoms with E-state index < -0.39 is 5.97 Å². The van der Waals surface area contributed by atoms with Crippen LogP contribution in [-0.2, 0) is 4.74 Å². The summed E-state index contributed by atoms with van der Waals surface area (Å²) in [6.07, 6.45) is 0. The van der Waals surface area contributed by atoms with Crippen LogP contribution in [0, 0.1) is 13.8 Å². The van der Waals surface area contributed by atoms with E-state index >= 15 is 0 Å². The molecule has 1 unspecified atom stereocenters. The van der Waals surface area contributed by atoms with Crippen LogP contribution in [0.5, 0.6) is 0 Å². The molecule has 30 heavy (non-hydrogen) atoms. The summed E-state index contributed by atoms with van der Waals surface area (Å²) in [5, 5.41) is 6.32. The zero-order valence-electron chi connectivity index (χ0n) is 17.7. The Kier molecular flexibility index (Phi) is 6.57. The van der Waals surface area contributed by atoms with Crippen molar-refractivity contribution in [1.29, 1.82) is 0 Å². The average molecular weight is 405 g/mol. The molecule has 3 N–H and O–H groups in total. The molecule has 0 aliphatic carbocycles. The van der Waals surface area contributed by atoms with Gasteiger partial charge < -0.3 is 20.4 Å². The van der Waals surface area contributed by atoms with Crippen LogP contribution in [0.4, 0.5) is 11.4 Å². The quantitative estimate of drug-likeness (QED) is 0.470. The molecule has 0 bridgehead atoms. The molecule has 0 saturated carbocycles. The zero-order chi connectivity index (χ0) is 21.7. The molecule has 1 atom stereocenters. The molecule has 1 amide bonds. The smallest absolute Gasteiger partial charge is 0.340 e. The normalized spacial score (nSPS) is 11.6. The van der Waals surface area contributed by atoms with Gasteiger partial charge in [0.2, 0.25) is 0 Å². The van der Waals surface area contributed by atoms with E-state index in [-0.39, 0.29) is 18.6 Å². The SMILES string of the molecule is CCOC(=O)c1c(C)[nH]c(C(=O)Nc2ccc(NC(C)c3ccccc3)cc2)c1C. The molecule has 156 valence electrons. The number of aromatic nitrogens is 1. The van der Waals surface area contributed by atoms with Gasteiger partial charge in [-0.3, -0.25) is 4.79 Å². The monoisotopic (exact) mass is 405 g/mol. The number of ether oxygens (including phenoxy) is 1. The van der Waals surface area contributed by atoms with Crippen LogP contribution in [0.1, 0.15) is 57.6 Å². The fourth-order valence-electron chi connectivity index (χ4n) is 3.40. The second kappa shape index (κ2) is 9.31. The Balaban J connectivity index is 1.68. The number of aromatic amines is 1. The Hall–Kier alpha value is -3.54. The van der Waals surface area contributed by atoms with Crippen molar-refractivity contribution < 1.29 is 14.3 Å². The van der Waals surface area contributed by atoms with Crippen molar-refractivity contribution in [1.82, 2.24) is 4.98 Å². The first-order valence-corrected chi connectivity index (χ1v) is 9.99. The molecule has 0 fully saturated rings. The first kappa shape index (κ1) is 21.2. The largest absolute Gasteiger partial charge is 0.462 e. The Bertz CT molecular complexity index is 1020. The molecule has 0 aliphatic rings. The van der Waals surface area contributed by atoms with Gasteiger partial charge in [-0.1, -0.05) is 30.3 Å². The summed E-state index contributed by atoms with van der Waals surface area (Å²) < 4.78 is 5.08. The van der Waals surface area contributed by atoms with Gasteiger partial charge in [0.05, 0.1) is 12.2 Å². The van der Waals surface area contributed by atoms with Gasteiger partial charge in [0.15, 0.2) is 0 Å². The zero-order valence-corrected chi connectivity index (χ0v) is 17.7. The molecule has 1 aromatic heterocycles. The maximum Gasteiger partial charge on any atom is 0.340 e. The lowest BCUT2D eigenvalue weighted by atomic mass is 10.1. The minimum atomic E-state index is -0.425. The number of H-pyrrole nitrogens is 1. The molecule has 3 rings (SSSR count). The third kappa shape index (κ3) is 4.71. The van der Waals surface area contributed by atoms with Crippen LogP contribution < -0.4 is 10.6 Å². The van der Waals surface area contributed by atoms with Crippen molar-refractivity contribution >= 4 is 23.3 Å². The molecule has 0 saturated heterocycles. The van der Waals surface area contributed by atoms with Gasteiger partial charge >= 0.3 is 5.97 Å². The lowest BCUT2D eigenvalue weighted by molar-refractivity contribution is 0.0525. The minimum absolute atomic E-state index is 0.164. The van der Waals surface area contributed by atoms with Crippen LogP contribution >= 0.6 is 0 Å². The lowest BCUT2D eigenvalue weighted by Crippen LogP contribution is -2.14. The van der Waals surface area contributed by atoms with E-state index in [4.69, 9.17) is 4.74 Å². The summed E-state index contributed by atoms with van der Waals surface area (Å²) in [6, 6.07) is 17.9. The third-order valence-corrected chi connectivity index (χ3v) is 4.97. The maximum atomic E-state index is 12.7. The molecule has 6 heteroatoms. The summed E-state index contributed by atoms with van der Waals surface area (Å²) in [5.41, 5.74) is 4.80. The third-order valence-electron chi connectivity index (χ3n) is 4.97. The summed E-state index contributed by atoms with van der Waals surface area (Å²) in [7, 11) is 0. The van der Waals surface area contributed by atoms with Crippen LogP contribution in [-0.4, -0.2) is 23.5 Å². The lowest BCUT2D eigenvalue weighted by Gasteiger charge is -2.16. The number of aryl methyl sites for hydroxylation is 1. The van der Waals surface area contributed by atoms with Gasteiger partial charge in [-0.25, -0.2) is 4.79 Å². The van der Waals surface area contributed by atoms with E-state index in [9.17, 15) is 9.59 Å². The number of carbonyl (C=O) groups is 2. The van der Waals surface area contributed by atoms with Crippen molar-refractivity contribution in [2.75, 3.05) is 17.2 Å². The summed E-state index contributed by atoms with van der Waals surface area (Å²) in [5.74, 6) is -0.727. The summed E-state index contributed by atoms with van der Waals surface area (Å²) in [4.78, 5) is 27.8. The first-order chi connectivity index (χ1) is 14.4. The van der Waals surface area contributed by atoms with E-state index in [2.05, 4.69) is 34.7 Å².